The number of sulfonamides is 1. The zero-order valence-electron chi connectivity index (χ0n) is 16.2. The van der Waals surface area contributed by atoms with E-state index in [9.17, 15) is 13.2 Å². The van der Waals surface area contributed by atoms with E-state index in [2.05, 4.69) is 4.72 Å². The molecule has 146 valence electrons. The van der Waals surface area contributed by atoms with Crippen LogP contribution in [0, 0.1) is 13.8 Å². The summed E-state index contributed by atoms with van der Waals surface area (Å²) in [7, 11) is -3.69. The second kappa shape index (κ2) is 8.90. The molecule has 27 heavy (non-hydrogen) atoms. The Balaban J connectivity index is 2.04. The Morgan fingerprint density at radius 2 is 1.63 bits per heavy atom. The van der Waals surface area contributed by atoms with Crippen LogP contribution in [-0.4, -0.2) is 38.9 Å². The number of benzene rings is 2. The van der Waals surface area contributed by atoms with Crippen molar-refractivity contribution in [1.82, 2.24) is 4.90 Å². The summed E-state index contributed by atoms with van der Waals surface area (Å²) in [5, 5.41) is 0. The minimum Gasteiger partial charge on any atom is -0.484 e. The zero-order chi connectivity index (χ0) is 20.0. The lowest BCUT2D eigenvalue weighted by atomic mass is 10.1. The van der Waals surface area contributed by atoms with Crippen molar-refractivity contribution in [2.45, 2.75) is 32.6 Å². The van der Waals surface area contributed by atoms with E-state index in [1.54, 1.807) is 29.2 Å². The molecule has 0 aliphatic heterocycles. The van der Waals surface area contributed by atoms with Crippen LogP contribution in [0.15, 0.2) is 47.4 Å². The molecule has 0 radical (unpaired) electrons. The minimum absolute atomic E-state index is 0.0747. The largest absolute Gasteiger partial charge is 0.484 e. The maximum absolute atomic E-state index is 12.5. The van der Waals surface area contributed by atoms with Crippen LogP contribution in [0.25, 0.3) is 0 Å². The lowest BCUT2D eigenvalue weighted by Crippen LogP contribution is -2.34. The first-order valence-corrected chi connectivity index (χ1v) is 10.4. The number of carbonyl (C=O) groups excluding carboxylic acids is 1. The number of hydrogen-bond acceptors (Lipinski definition) is 4. The Labute approximate surface area is 161 Å². The monoisotopic (exact) mass is 390 g/mol. The number of nitrogens with zero attached hydrogens (tertiary/aromatic N) is 1. The van der Waals surface area contributed by atoms with Crippen LogP contribution < -0.4 is 9.46 Å². The molecule has 2 aromatic carbocycles. The molecule has 1 N–H and O–H groups in total. The van der Waals surface area contributed by atoms with Crippen LogP contribution in [0.3, 0.4) is 0 Å². The van der Waals surface area contributed by atoms with E-state index >= 15 is 0 Å². The van der Waals surface area contributed by atoms with E-state index in [0.717, 1.165) is 11.1 Å². The van der Waals surface area contributed by atoms with Crippen LogP contribution in [-0.2, 0) is 14.8 Å². The highest BCUT2D eigenvalue weighted by atomic mass is 32.2. The lowest BCUT2D eigenvalue weighted by molar-refractivity contribution is -0.132. The standard InChI is InChI=1S/C20H26N2O4S/c1-5-22(6-2)20(23)14-26-18-9-11-19(12-10-18)27(24,25)21-17-8-7-15(3)16(4)13-17/h7-13,21H,5-6,14H2,1-4H3. The molecule has 0 aromatic heterocycles. The Kier molecular flexibility index (Phi) is 6.85. The van der Waals surface area contributed by atoms with Crippen molar-refractivity contribution >= 4 is 21.6 Å². The van der Waals surface area contributed by atoms with Gasteiger partial charge in [-0.1, -0.05) is 6.07 Å². The van der Waals surface area contributed by atoms with Crippen molar-refractivity contribution in [3.05, 3.63) is 53.6 Å². The highest BCUT2D eigenvalue weighted by Crippen LogP contribution is 2.21. The summed E-state index contributed by atoms with van der Waals surface area (Å²) in [5.41, 5.74) is 2.62. The van der Waals surface area contributed by atoms with Gasteiger partial charge in [0.05, 0.1) is 4.90 Å². The number of nitrogens with one attached hydrogen (secondary N) is 1. The van der Waals surface area contributed by atoms with Crippen LogP contribution in [0.2, 0.25) is 0 Å². The number of amides is 1. The van der Waals surface area contributed by atoms with Crippen LogP contribution >= 0.6 is 0 Å². The molecule has 0 aliphatic carbocycles. The molecule has 0 atom stereocenters. The fourth-order valence-corrected chi connectivity index (χ4v) is 3.60. The summed E-state index contributed by atoms with van der Waals surface area (Å²) in [5.74, 6) is 0.341. The predicted molar refractivity (Wildman–Crippen MR) is 107 cm³/mol. The maximum Gasteiger partial charge on any atom is 0.261 e. The topological polar surface area (TPSA) is 75.7 Å². The Hall–Kier alpha value is -2.54. The molecule has 2 rings (SSSR count). The number of carbonyl (C=O) groups is 1. The van der Waals surface area contributed by atoms with Crippen molar-refractivity contribution < 1.29 is 17.9 Å². The van der Waals surface area contributed by atoms with Crippen LogP contribution in [0.1, 0.15) is 25.0 Å². The summed E-state index contributed by atoms with van der Waals surface area (Å²) in [6.45, 7) is 8.89. The zero-order valence-corrected chi connectivity index (χ0v) is 17.0. The molecule has 0 heterocycles. The number of anilines is 1. The number of ether oxygens (including phenoxy) is 1. The van der Waals surface area contributed by atoms with Crippen molar-refractivity contribution in [3.63, 3.8) is 0 Å². The smallest absolute Gasteiger partial charge is 0.261 e. The van der Waals surface area contributed by atoms with E-state index in [1.165, 1.54) is 12.1 Å². The summed E-state index contributed by atoms with van der Waals surface area (Å²) in [6.07, 6.45) is 0. The number of rotatable bonds is 8. The van der Waals surface area contributed by atoms with Gasteiger partial charge >= 0.3 is 0 Å². The van der Waals surface area contributed by atoms with Crippen LogP contribution in [0.5, 0.6) is 5.75 Å². The van der Waals surface area contributed by atoms with Gasteiger partial charge in [0, 0.05) is 18.8 Å². The highest BCUT2D eigenvalue weighted by molar-refractivity contribution is 7.92. The Bertz CT molecular complexity index is 889. The molecule has 0 saturated heterocycles. The molecule has 6 nitrogen and oxygen atoms in total. The molecule has 0 bridgehead atoms. The average molecular weight is 391 g/mol. The van der Waals surface area contributed by atoms with Gasteiger partial charge in [0.1, 0.15) is 5.75 Å². The lowest BCUT2D eigenvalue weighted by Gasteiger charge is -2.18. The SMILES string of the molecule is CCN(CC)C(=O)COc1ccc(S(=O)(=O)Nc2ccc(C)c(C)c2)cc1. The van der Waals surface area contributed by atoms with Gasteiger partial charge in [0.2, 0.25) is 0 Å². The third-order valence-electron chi connectivity index (χ3n) is 4.37. The normalized spacial score (nSPS) is 11.1. The molecular formula is C20H26N2O4S. The van der Waals surface area contributed by atoms with Gasteiger partial charge in [-0.3, -0.25) is 9.52 Å². The molecule has 0 aliphatic rings. The Morgan fingerprint density at radius 3 is 2.19 bits per heavy atom. The first-order valence-electron chi connectivity index (χ1n) is 8.87. The second-order valence-electron chi connectivity index (χ2n) is 6.23. The molecule has 0 spiro atoms. The summed E-state index contributed by atoms with van der Waals surface area (Å²) in [6, 6.07) is 11.4. The quantitative estimate of drug-likeness (QED) is 0.750. The molecule has 0 fully saturated rings. The van der Waals surface area contributed by atoms with Gasteiger partial charge < -0.3 is 9.64 Å². The first-order chi connectivity index (χ1) is 12.8. The third kappa shape index (κ3) is 5.47. The molecule has 2 aromatic rings. The van der Waals surface area contributed by atoms with Crippen molar-refractivity contribution in [1.29, 1.82) is 0 Å². The fourth-order valence-electron chi connectivity index (χ4n) is 2.55. The number of aryl methyl sites for hydroxylation is 2. The fraction of sp³-hybridized carbons (Fsp3) is 0.350. The molecule has 7 heteroatoms. The van der Waals surface area contributed by atoms with Gasteiger partial charge in [-0.25, -0.2) is 8.42 Å². The van der Waals surface area contributed by atoms with E-state index < -0.39 is 10.0 Å². The van der Waals surface area contributed by atoms with Gasteiger partial charge in [0.15, 0.2) is 6.61 Å². The molecule has 1 amide bonds. The molecule has 0 unspecified atom stereocenters. The van der Waals surface area contributed by atoms with Crippen molar-refractivity contribution in [2.24, 2.45) is 0 Å². The third-order valence-corrected chi connectivity index (χ3v) is 5.77. The van der Waals surface area contributed by atoms with Gasteiger partial charge in [-0.2, -0.15) is 0 Å². The minimum atomic E-state index is -3.69. The van der Waals surface area contributed by atoms with Gasteiger partial charge in [0.25, 0.3) is 15.9 Å². The Morgan fingerprint density at radius 1 is 1.00 bits per heavy atom. The number of hydrogen-bond donors (Lipinski definition) is 1. The second-order valence-corrected chi connectivity index (χ2v) is 7.91. The van der Waals surface area contributed by atoms with Crippen molar-refractivity contribution in [3.8, 4) is 5.75 Å². The maximum atomic E-state index is 12.5. The average Bonchev–Trinajstić information content (AvgIpc) is 2.64. The predicted octanol–water partition coefficient (Wildman–Crippen LogP) is 3.35. The number of likely N-dealkylation sites (N-methyl/N-ethyl adjacent to an activating group) is 1. The summed E-state index contributed by atoms with van der Waals surface area (Å²) < 4.78 is 33.1. The van der Waals surface area contributed by atoms with Gasteiger partial charge in [-0.15, -0.1) is 0 Å². The van der Waals surface area contributed by atoms with Gasteiger partial charge in [-0.05, 0) is 75.2 Å². The van der Waals surface area contributed by atoms with E-state index in [-0.39, 0.29) is 17.4 Å². The van der Waals surface area contributed by atoms with Crippen LogP contribution in [0.4, 0.5) is 5.69 Å². The highest BCUT2D eigenvalue weighted by Gasteiger charge is 2.15. The first kappa shape index (κ1) is 20.8. The van der Waals surface area contributed by atoms with E-state index in [1.807, 2.05) is 33.8 Å². The summed E-state index contributed by atoms with van der Waals surface area (Å²) in [4.78, 5) is 13.8. The van der Waals surface area contributed by atoms with Crippen molar-refractivity contribution in [2.75, 3.05) is 24.4 Å². The van der Waals surface area contributed by atoms with E-state index in [4.69, 9.17) is 4.74 Å². The molecular weight excluding hydrogens is 364 g/mol. The molecule has 0 saturated carbocycles. The summed E-state index contributed by atoms with van der Waals surface area (Å²) >= 11 is 0. The van der Waals surface area contributed by atoms with E-state index in [0.29, 0.717) is 24.5 Å².